The minimum absolute atomic E-state index is 0.0767. The second-order valence-electron chi connectivity index (χ2n) is 6.85. The van der Waals surface area contributed by atoms with E-state index in [0.717, 1.165) is 6.07 Å². The Balaban J connectivity index is 1.65. The summed E-state index contributed by atoms with van der Waals surface area (Å²) in [5.74, 6) is -0.534. The molecule has 0 radical (unpaired) electrons. The number of urea groups is 1. The minimum atomic E-state index is -4.60. The fourth-order valence-electron chi connectivity index (χ4n) is 4.57. The molecule has 1 aliphatic carbocycles. The van der Waals surface area contributed by atoms with Gasteiger partial charge in [0, 0.05) is 12.5 Å². The summed E-state index contributed by atoms with van der Waals surface area (Å²) in [6.07, 6.45) is -0.595. The van der Waals surface area contributed by atoms with Gasteiger partial charge in [0.1, 0.15) is 11.9 Å². The Morgan fingerprint density at radius 3 is 2.77 bits per heavy atom. The van der Waals surface area contributed by atoms with Gasteiger partial charge in [-0.3, -0.25) is 14.5 Å². The van der Waals surface area contributed by atoms with Crippen molar-refractivity contribution in [3.8, 4) is 0 Å². The number of carbonyl (C=O) groups is 2. The number of rotatable bonds is 1. The molecule has 8 nitrogen and oxygen atoms in total. The molecular formula is C15H13F3N6O2. The van der Waals surface area contributed by atoms with Crippen molar-refractivity contribution in [1.29, 1.82) is 0 Å². The highest BCUT2D eigenvalue weighted by Gasteiger charge is 2.66. The van der Waals surface area contributed by atoms with Gasteiger partial charge in [0.15, 0.2) is 5.69 Å². The number of piperidine rings is 1. The molecule has 2 aliphatic heterocycles. The average molecular weight is 366 g/mol. The zero-order chi connectivity index (χ0) is 18.3. The third-order valence-electron chi connectivity index (χ3n) is 5.61. The number of imide groups is 1. The molecular weight excluding hydrogens is 353 g/mol. The molecule has 0 aromatic carbocycles. The molecule has 1 saturated carbocycles. The molecule has 2 aromatic heterocycles. The third-order valence-corrected chi connectivity index (χ3v) is 5.61. The summed E-state index contributed by atoms with van der Waals surface area (Å²) in [5.41, 5.74) is -1.86. The van der Waals surface area contributed by atoms with Gasteiger partial charge in [-0.05, 0) is 18.9 Å². The Hall–Kier alpha value is -2.85. The molecule has 2 aromatic rings. The quantitative estimate of drug-likeness (QED) is 0.733. The maximum absolute atomic E-state index is 13.3. The van der Waals surface area contributed by atoms with E-state index in [2.05, 4.69) is 20.6 Å². The molecule has 1 spiro atoms. The van der Waals surface area contributed by atoms with E-state index in [0.29, 0.717) is 19.4 Å². The van der Waals surface area contributed by atoms with E-state index in [-0.39, 0.29) is 17.4 Å². The van der Waals surface area contributed by atoms with Gasteiger partial charge in [-0.2, -0.15) is 13.2 Å². The van der Waals surface area contributed by atoms with Crippen LogP contribution in [0.2, 0.25) is 0 Å². The van der Waals surface area contributed by atoms with Crippen molar-refractivity contribution in [3.05, 3.63) is 24.3 Å². The van der Waals surface area contributed by atoms with Crippen LogP contribution in [0.1, 0.15) is 18.5 Å². The van der Waals surface area contributed by atoms with Crippen LogP contribution in [0.4, 0.5) is 23.9 Å². The molecule has 2 N–H and O–H groups in total. The van der Waals surface area contributed by atoms with Crippen molar-refractivity contribution in [1.82, 2.24) is 25.0 Å². The fraction of sp³-hybridized carbons (Fsp3) is 0.467. The third kappa shape index (κ3) is 1.80. The molecule has 3 aliphatic rings. The summed E-state index contributed by atoms with van der Waals surface area (Å²) in [6, 6.07) is -0.0935. The smallest absolute Gasteiger partial charge is 0.336 e. The molecule has 136 valence electrons. The average Bonchev–Trinajstić information content (AvgIpc) is 3.30. The topological polar surface area (TPSA) is 91.6 Å². The molecule has 2 bridgehead atoms. The monoisotopic (exact) mass is 366 g/mol. The molecule has 3 atom stereocenters. The molecule has 2 saturated heterocycles. The maximum Gasteiger partial charge on any atom is 0.433 e. The van der Waals surface area contributed by atoms with Crippen molar-refractivity contribution < 1.29 is 22.8 Å². The molecule has 3 fully saturated rings. The van der Waals surface area contributed by atoms with Gasteiger partial charge in [-0.25, -0.2) is 14.8 Å². The Morgan fingerprint density at radius 1 is 1.27 bits per heavy atom. The zero-order valence-corrected chi connectivity index (χ0v) is 13.2. The Labute approximate surface area is 144 Å². The van der Waals surface area contributed by atoms with Crippen molar-refractivity contribution in [2.45, 2.75) is 30.6 Å². The number of alkyl halides is 3. The maximum atomic E-state index is 13.3. The highest BCUT2D eigenvalue weighted by Crippen LogP contribution is 2.48. The Bertz CT molecular complexity index is 956. The SMILES string of the molecule is O=C1NC(=O)C2(N1)C1CCC2N(c2nc(C(F)(F)F)cc3cncn23)C1. The van der Waals surface area contributed by atoms with Crippen LogP contribution < -0.4 is 15.5 Å². The van der Waals surface area contributed by atoms with Crippen molar-refractivity contribution in [2.24, 2.45) is 5.92 Å². The molecule has 4 heterocycles. The predicted molar refractivity (Wildman–Crippen MR) is 81.3 cm³/mol. The normalized spacial score (nSPS) is 30.5. The molecule has 3 unspecified atom stereocenters. The van der Waals surface area contributed by atoms with Gasteiger partial charge in [0.2, 0.25) is 5.95 Å². The number of nitrogens with one attached hydrogen (secondary N) is 2. The first kappa shape index (κ1) is 15.4. The van der Waals surface area contributed by atoms with Crippen molar-refractivity contribution in [3.63, 3.8) is 0 Å². The number of anilines is 1. The van der Waals surface area contributed by atoms with E-state index in [9.17, 15) is 22.8 Å². The van der Waals surface area contributed by atoms with Crippen LogP contribution in [-0.4, -0.2) is 44.4 Å². The van der Waals surface area contributed by atoms with Crippen LogP contribution in [0.5, 0.6) is 0 Å². The Kier molecular flexibility index (Phi) is 2.76. The number of hydrogen-bond donors (Lipinski definition) is 2. The largest absolute Gasteiger partial charge is 0.433 e. The van der Waals surface area contributed by atoms with Crippen LogP contribution in [0.3, 0.4) is 0 Å². The number of fused-ring (bicyclic) bond motifs is 1. The van der Waals surface area contributed by atoms with Crippen LogP contribution in [0.25, 0.3) is 5.52 Å². The van der Waals surface area contributed by atoms with Crippen LogP contribution in [-0.2, 0) is 11.0 Å². The van der Waals surface area contributed by atoms with Crippen LogP contribution in [0, 0.1) is 5.92 Å². The van der Waals surface area contributed by atoms with Gasteiger partial charge in [-0.15, -0.1) is 0 Å². The lowest BCUT2D eigenvalue weighted by atomic mass is 9.88. The number of amides is 3. The van der Waals surface area contributed by atoms with Gasteiger partial charge < -0.3 is 10.2 Å². The van der Waals surface area contributed by atoms with E-state index >= 15 is 0 Å². The van der Waals surface area contributed by atoms with Crippen LogP contribution in [0.15, 0.2) is 18.6 Å². The Morgan fingerprint density at radius 2 is 2.08 bits per heavy atom. The highest BCUT2D eigenvalue weighted by atomic mass is 19.4. The summed E-state index contributed by atoms with van der Waals surface area (Å²) in [7, 11) is 0. The highest BCUT2D eigenvalue weighted by molar-refractivity contribution is 6.08. The summed E-state index contributed by atoms with van der Waals surface area (Å²) in [5, 5.41) is 4.97. The molecule has 11 heteroatoms. The molecule has 26 heavy (non-hydrogen) atoms. The standard InChI is InChI=1S/C15H13F3N6O2/c16-15(17,18)9-3-8-4-19-6-24(8)13(20-9)23-5-7-1-2-10(23)14(7)11(25)21-12(26)22-14/h3-4,6-7,10H,1-2,5H2,(H2,21,22,25,26). The van der Waals surface area contributed by atoms with Gasteiger partial charge >= 0.3 is 12.2 Å². The molecule has 3 amide bonds. The lowest BCUT2D eigenvalue weighted by Gasteiger charge is -2.31. The van der Waals surface area contributed by atoms with E-state index in [1.165, 1.54) is 16.9 Å². The fourth-order valence-corrected chi connectivity index (χ4v) is 4.57. The predicted octanol–water partition coefficient (Wildman–Crippen LogP) is 0.925. The lowest BCUT2D eigenvalue weighted by molar-refractivity contribution is -0.141. The van der Waals surface area contributed by atoms with E-state index < -0.39 is 35.4 Å². The van der Waals surface area contributed by atoms with E-state index in [4.69, 9.17) is 0 Å². The summed E-state index contributed by atoms with van der Waals surface area (Å²) < 4.78 is 41.2. The molecule has 5 rings (SSSR count). The van der Waals surface area contributed by atoms with Crippen molar-refractivity contribution >= 4 is 23.4 Å². The van der Waals surface area contributed by atoms with Crippen molar-refractivity contribution in [2.75, 3.05) is 11.4 Å². The van der Waals surface area contributed by atoms with Gasteiger partial charge in [0.25, 0.3) is 5.91 Å². The first-order chi connectivity index (χ1) is 12.3. The number of nitrogens with zero attached hydrogens (tertiary/aromatic N) is 4. The van der Waals surface area contributed by atoms with E-state index in [1.807, 2.05) is 0 Å². The minimum Gasteiger partial charge on any atom is -0.336 e. The second-order valence-corrected chi connectivity index (χ2v) is 6.85. The van der Waals surface area contributed by atoms with Gasteiger partial charge in [-0.1, -0.05) is 0 Å². The number of imidazole rings is 1. The summed E-state index contributed by atoms with van der Waals surface area (Å²) >= 11 is 0. The summed E-state index contributed by atoms with van der Waals surface area (Å²) in [4.78, 5) is 33.6. The lowest BCUT2D eigenvalue weighted by Crippen LogP contribution is -2.56. The first-order valence-electron chi connectivity index (χ1n) is 8.11. The number of halogens is 3. The van der Waals surface area contributed by atoms with E-state index in [1.54, 1.807) is 4.90 Å². The number of hydrogen-bond acceptors (Lipinski definition) is 5. The second kappa shape index (κ2) is 4.65. The first-order valence-corrected chi connectivity index (χ1v) is 8.11. The number of aromatic nitrogens is 3. The summed E-state index contributed by atoms with van der Waals surface area (Å²) in [6.45, 7) is 0.333. The van der Waals surface area contributed by atoms with Crippen LogP contribution >= 0.6 is 0 Å². The zero-order valence-electron chi connectivity index (χ0n) is 13.2. The number of carbonyl (C=O) groups excluding carboxylic acids is 2. The van der Waals surface area contributed by atoms with Gasteiger partial charge in [0.05, 0.1) is 17.8 Å².